The van der Waals surface area contributed by atoms with Crippen LogP contribution in [0.15, 0.2) is 0 Å². The van der Waals surface area contributed by atoms with Gasteiger partial charge in [0.05, 0.1) is 6.61 Å². The topological polar surface area (TPSA) is 81.5 Å². The predicted molar refractivity (Wildman–Crippen MR) is 62.4 cm³/mol. The van der Waals surface area contributed by atoms with Gasteiger partial charge in [0.1, 0.15) is 0 Å². The Morgan fingerprint density at radius 1 is 1.07 bits per heavy atom. The summed E-state index contributed by atoms with van der Waals surface area (Å²) in [6, 6.07) is -0.0572. The largest absolute Gasteiger partial charge is 0.396 e. The predicted octanol–water partition coefficient (Wildman–Crippen LogP) is 0.188. The third-order valence-electron chi connectivity index (χ3n) is 3.25. The molecule has 0 aliphatic carbocycles. The zero-order valence-electron chi connectivity index (χ0n) is 10.3. The maximum Gasteiger partial charge on any atom is 0.0502 e. The smallest absolute Gasteiger partial charge is 0.0502 e. The van der Waals surface area contributed by atoms with Crippen LogP contribution >= 0.6 is 0 Å². The second-order valence-electron chi connectivity index (χ2n) is 4.61. The Morgan fingerprint density at radius 3 is 1.93 bits per heavy atom. The van der Waals surface area contributed by atoms with Gasteiger partial charge in [-0.2, -0.15) is 0 Å². The van der Waals surface area contributed by atoms with Crippen molar-refractivity contribution in [2.24, 2.45) is 29.2 Å². The van der Waals surface area contributed by atoms with Crippen LogP contribution in [-0.4, -0.2) is 37.5 Å². The Labute approximate surface area is 93.0 Å². The van der Waals surface area contributed by atoms with Gasteiger partial charge in [0, 0.05) is 25.8 Å². The summed E-state index contributed by atoms with van der Waals surface area (Å²) in [4.78, 5) is 0. The lowest BCUT2D eigenvalue weighted by molar-refractivity contribution is 0.119. The molecule has 0 amide bonds. The molecule has 0 saturated carbocycles. The van der Waals surface area contributed by atoms with E-state index in [9.17, 15) is 0 Å². The van der Waals surface area contributed by atoms with Gasteiger partial charge in [-0.15, -0.1) is 0 Å². The number of nitrogens with two attached hydrogens (primary N) is 2. The maximum atomic E-state index is 9.03. The Morgan fingerprint density at radius 2 is 1.53 bits per heavy atom. The highest BCUT2D eigenvalue weighted by Gasteiger charge is 2.27. The zero-order chi connectivity index (χ0) is 12.0. The fourth-order valence-electron chi connectivity index (χ4n) is 1.79. The quantitative estimate of drug-likeness (QED) is 0.569. The van der Waals surface area contributed by atoms with Gasteiger partial charge in [-0.25, -0.2) is 0 Å². The van der Waals surface area contributed by atoms with Crippen molar-refractivity contribution in [1.29, 1.82) is 0 Å². The Bertz CT molecular complexity index is 167. The molecule has 5 atom stereocenters. The fourth-order valence-corrected chi connectivity index (χ4v) is 1.79. The van der Waals surface area contributed by atoms with E-state index in [0.717, 1.165) is 0 Å². The minimum absolute atomic E-state index is 0.00829. The molecule has 4 nitrogen and oxygen atoms in total. The molecule has 0 radical (unpaired) electrons. The maximum absolute atomic E-state index is 9.03. The molecule has 0 rings (SSSR count). The molecule has 0 fully saturated rings. The number of rotatable bonds is 7. The highest BCUT2D eigenvalue weighted by Crippen LogP contribution is 2.18. The molecule has 92 valence electrons. The van der Waals surface area contributed by atoms with Crippen LogP contribution in [0, 0.1) is 17.8 Å². The summed E-state index contributed by atoms with van der Waals surface area (Å²) in [6.07, 6.45) is 0. The normalized spacial score (nSPS) is 21.8. The van der Waals surface area contributed by atoms with Crippen molar-refractivity contribution >= 4 is 0 Å². The molecule has 0 heterocycles. The molecule has 0 spiro atoms. The van der Waals surface area contributed by atoms with Gasteiger partial charge in [-0.3, -0.25) is 0 Å². The molecule has 0 aromatic heterocycles. The van der Waals surface area contributed by atoms with E-state index in [1.54, 1.807) is 7.11 Å². The van der Waals surface area contributed by atoms with E-state index in [-0.39, 0.29) is 36.4 Å². The number of ether oxygens (including phenoxy) is 1. The molecule has 5 unspecified atom stereocenters. The monoisotopic (exact) mass is 218 g/mol. The Hall–Kier alpha value is -0.160. The van der Waals surface area contributed by atoms with Crippen molar-refractivity contribution < 1.29 is 9.84 Å². The van der Waals surface area contributed by atoms with Gasteiger partial charge in [0.25, 0.3) is 0 Å². The molecule has 0 saturated heterocycles. The Balaban J connectivity index is 4.22. The number of methoxy groups -OCH3 is 1. The molecule has 0 aromatic carbocycles. The first-order valence-electron chi connectivity index (χ1n) is 5.56. The molecule has 0 aliphatic heterocycles. The van der Waals surface area contributed by atoms with Gasteiger partial charge in [-0.1, -0.05) is 20.8 Å². The molecule has 0 bridgehead atoms. The van der Waals surface area contributed by atoms with E-state index < -0.39 is 0 Å². The molecule has 5 N–H and O–H groups in total. The van der Waals surface area contributed by atoms with E-state index in [1.165, 1.54) is 0 Å². The van der Waals surface area contributed by atoms with Crippen LogP contribution in [0.2, 0.25) is 0 Å². The summed E-state index contributed by atoms with van der Waals surface area (Å²) >= 11 is 0. The summed E-state index contributed by atoms with van der Waals surface area (Å²) in [5.41, 5.74) is 12.1. The van der Waals surface area contributed by atoms with E-state index >= 15 is 0 Å². The van der Waals surface area contributed by atoms with Crippen LogP contribution in [0.1, 0.15) is 20.8 Å². The summed E-state index contributed by atoms with van der Waals surface area (Å²) < 4.78 is 5.07. The van der Waals surface area contributed by atoms with Crippen molar-refractivity contribution in [3.8, 4) is 0 Å². The van der Waals surface area contributed by atoms with E-state index in [0.29, 0.717) is 6.61 Å². The summed E-state index contributed by atoms with van der Waals surface area (Å²) in [7, 11) is 1.67. The minimum atomic E-state index is -0.0655. The first kappa shape index (κ1) is 14.8. The lowest BCUT2D eigenvalue weighted by atomic mass is 9.82. The number of aliphatic hydroxyl groups is 1. The molecule has 0 aliphatic rings. The average Bonchev–Trinajstić information content (AvgIpc) is 2.25. The lowest BCUT2D eigenvalue weighted by Gasteiger charge is -2.32. The van der Waals surface area contributed by atoms with Crippen molar-refractivity contribution in [2.45, 2.75) is 32.9 Å². The number of aliphatic hydroxyl groups excluding tert-OH is 1. The first-order chi connectivity index (χ1) is 6.95. The molecule has 4 heteroatoms. The zero-order valence-corrected chi connectivity index (χ0v) is 10.3. The SMILES string of the molecule is COCC(C)C(N)C(C)C(N)C(C)CO. The van der Waals surface area contributed by atoms with Gasteiger partial charge < -0.3 is 21.3 Å². The minimum Gasteiger partial charge on any atom is -0.396 e. The summed E-state index contributed by atoms with van der Waals surface area (Å²) in [5, 5.41) is 9.03. The summed E-state index contributed by atoms with van der Waals surface area (Å²) in [6.45, 7) is 6.78. The fraction of sp³-hybridized carbons (Fsp3) is 1.00. The van der Waals surface area contributed by atoms with Gasteiger partial charge in [0.15, 0.2) is 0 Å². The van der Waals surface area contributed by atoms with E-state index in [2.05, 4.69) is 6.92 Å². The number of hydrogen-bond acceptors (Lipinski definition) is 4. The van der Waals surface area contributed by atoms with Gasteiger partial charge in [-0.05, 0) is 17.8 Å². The Kier molecular flexibility index (Phi) is 7.09. The highest BCUT2D eigenvalue weighted by atomic mass is 16.5. The van der Waals surface area contributed by atoms with E-state index in [1.807, 2.05) is 13.8 Å². The van der Waals surface area contributed by atoms with Crippen molar-refractivity contribution in [2.75, 3.05) is 20.3 Å². The average molecular weight is 218 g/mol. The summed E-state index contributed by atoms with van der Waals surface area (Å²) in [5.74, 6) is 0.542. The van der Waals surface area contributed by atoms with Crippen LogP contribution in [0.3, 0.4) is 0 Å². The third-order valence-corrected chi connectivity index (χ3v) is 3.25. The molecule has 0 aromatic rings. The molecular weight excluding hydrogens is 192 g/mol. The van der Waals surface area contributed by atoms with Gasteiger partial charge >= 0.3 is 0 Å². The van der Waals surface area contributed by atoms with Crippen molar-refractivity contribution in [3.05, 3.63) is 0 Å². The van der Waals surface area contributed by atoms with Crippen molar-refractivity contribution in [3.63, 3.8) is 0 Å². The van der Waals surface area contributed by atoms with Crippen LogP contribution < -0.4 is 11.5 Å². The van der Waals surface area contributed by atoms with Crippen LogP contribution in [0.5, 0.6) is 0 Å². The third kappa shape index (κ3) is 4.47. The second-order valence-corrected chi connectivity index (χ2v) is 4.61. The number of hydrogen-bond donors (Lipinski definition) is 3. The van der Waals surface area contributed by atoms with Crippen LogP contribution in [0.4, 0.5) is 0 Å². The second kappa shape index (κ2) is 7.17. The molecule has 15 heavy (non-hydrogen) atoms. The van der Waals surface area contributed by atoms with E-state index in [4.69, 9.17) is 21.3 Å². The van der Waals surface area contributed by atoms with Crippen molar-refractivity contribution in [1.82, 2.24) is 0 Å². The lowest BCUT2D eigenvalue weighted by Crippen LogP contribution is -2.48. The van der Waals surface area contributed by atoms with Crippen LogP contribution in [0.25, 0.3) is 0 Å². The molecular formula is C11H26N2O2. The first-order valence-corrected chi connectivity index (χ1v) is 5.56. The highest BCUT2D eigenvalue weighted by molar-refractivity contribution is 4.84. The standard InChI is InChI=1S/C11H26N2O2/c1-7(5-14)10(12)9(3)11(13)8(2)6-15-4/h7-11,14H,5-6,12-13H2,1-4H3. The van der Waals surface area contributed by atoms with Gasteiger partial charge in [0.2, 0.25) is 0 Å². The van der Waals surface area contributed by atoms with Crippen LogP contribution in [-0.2, 0) is 4.74 Å².